The molecule has 0 saturated heterocycles. The molecule has 1 aliphatic rings. The zero-order chi connectivity index (χ0) is 17.6. The van der Waals surface area contributed by atoms with Crippen LogP contribution >= 0.6 is 0 Å². The molecule has 0 spiro atoms. The summed E-state index contributed by atoms with van der Waals surface area (Å²) in [6, 6.07) is 10.2. The fraction of sp³-hybridized carbons (Fsp3) is 0.500. The van der Waals surface area contributed by atoms with Gasteiger partial charge in [0.05, 0.1) is 18.3 Å². The van der Waals surface area contributed by atoms with E-state index in [9.17, 15) is 4.79 Å². The minimum atomic E-state index is -0.0576. The molecule has 1 saturated carbocycles. The summed E-state index contributed by atoms with van der Waals surface area (Å²) < 4.78 is 1.88. The van der Waals surface area contributed by atoms with E-state index in [2.05, 4.69) is 22.5 Å². The first-order chi connectivity index (χ1) is 12.2. The van der Waals surface area contributed by atoms with Gasteiger partial charge in [0.2, 0.25) is 0 Å². The van der Waals surface area contributed by atoms with Gasteiger partial charge in [-0.3, -0.25) is 9.48 Å². The van der Waals surface area contributed by atoms with Crippen LogP contribution in [-0.2, 0) is 6.54 Å². The third kappa shape index (κ3) is 4.28. The van der Waals surface area contributed by atoms with Crippen molar-refractivity contribution in [2.45, 2.75) is 51.6 Å². The van der Waals surface area contributed by atoms with E-state index in [1.807, 2.05) is 29.8 Å². The molecule has 5 nitrogen and oxygen atoms in total. The van der Waals surface area contributed by atoms with E-state index < -0.39 is 0 Å². The fourth-order valence-corrected chi connectivity index (χ4v) is 3.74. The molecular formula is C20H28N4O. The number of aromatic nitrogens is 2. The Balaban J connectivity index is 1.67. The Morgan fingerprint density at radius 3 is 2.68 bits per heavy atom. The van der Waals surface area contributed by atoms with Crippen molar-refractivity contribution in [3.05, 3.63) is 53.3 Å². The molecule has 1 heterocycles. The Kier molecular flexibility index (Phi) is 5.87. The monoisotopic (exact) mass is 340 g/mol. The minimum Gasteiger partial charge on any atom is -0.348 e. The zero-order valence-electron chi connectivity index (χ0n) is 14.9. The van der Waals surface area contributed by atoms with Gasteiger partial charge in [0, 0.05) is 18.3 Å². The third-order valence-electron chi connectivity index (χ3n) is 5.31. The largest absolute Gasteiger partial charge is 0.348 e. The van der Waals surface area contributed by atoms with Crippen molar-refractivity contribution in [1.29, 1.82) is 0 Å². The lowest BCUT2D eigenvalue weighted by atomic mass is 9.84. The number of nitrogens with zero attached hydrogens (tertiary/aromatic N) is 2. The van der Waals surface area contributed by atoms with Crippen LogP contribution < -0.4 is 11.1 Å². The van der Waals surface area contributed by atoms with E-state index in [1.165, 1.54) is 24.8 Å². The molecule has 1 amide bonds. The molecule has 1 aromatic heterocycles. The average Bonchev–Trinajstić information content (AvgIpc) is 3.02. The van der Waals surface area contributed by atoms with Crippen LogP contribution in [0.15, 0.2) is 36.5 Å². The van der Waals surface area contributed by atoms with Crippen molar-refractivity contribution in [3.8, 4) is 0 Å². The Labute approximate surface area is 149 Å². The number of hydrogen-bond donors (Lipinski definition) is 2. The molecule has 0 radical (unpaired) electrons. The lowest BCUT2D eigenvalue weighted by molar-refractivity contribution is 0.0915. The maximum atomic E-state index is 12.7. The summed E-state index contributed by atoms with van der Waals surface area (Å²) in [5.74, 6) is 0.445. The normalized spacial score (nSPS) is 16.6. The van der Waals surface area contributed by atoms with Gasteiger partial charge in [-0.05, 0) is 31.2 Å². The summed E-state index contributed by atoms with van der Waals surface area (Å²) >= 11 is 0. The highest BCUT2D eigenvalue weighted by Gasteiger charge is 2.25. The van der Waals surface area contributed by atoms with Crippen molar-refractivity contribution < 1.29 is 4.79 Å². The molecule has 1 aliphatic carbocycles. The van der Waals surface area contributed by atoms with Gasteiger partial charge in [0.1, 0.15) is 0 Å². The van der Waals surface area contributed by atoms with Crippen LogP contribution in [0.4, 0.5) is 0 Å². The lowest BCUT2D eigenvalue weighted by Crippen LogP contribution is -2.46. The van der Waals surface area contributed by atoms with Crippen LogP contribution in [-0.4, -0.2) is 28.3 Å². The van der Waals surface area contributed by atoms with Crippen LogP contribution in [0, 0.1) is 12.8 Å². The molecule has 1 fully saturated rings. The topological polar surface area (TPSA) is 72.9 Å². The Bertz CT molecular complexity index is 689. The minimum absolute atomic E-state index is 0.0576. The van der Waals surface area contributed by atoms with Crippen LogP contribution in [0.1, 0.15) is 53.7 Å². The molecule has 134 valence electrons. The van der Waals surface area contributed by atoms with Crippen molar-refractivity contribution in [2.75, 3.05) is 6.54 Å². The predicted octanol–water partition coefficient (Wildman–Crippen LogP) is 2.88. The van der Waals surface area contributed by atoms with Gasteiger partial charge in [0.25, 0.3) is 5.91 Å². The number of nitrogens with two attached hydrogens (primary N) is 1. The molecule has 2 aromatic rings. The second-order valence-corrected chi connectivity index (χ2v) is 7.00. The standard InChI is InChI=1S/C20H28N4O/c1-15-18(13-22-24(15)14-16-8-4-2-5-9-16)20(25)23-19(12-21)17-10-6-3-7-11-17/h2,4-5,8-9,13,17,19H,3,6-7,10-12,14,21H2,1H3,(H,23,25). The molecule has 3 rings (SSSR count). The SMILES string of the molecule is Cc1c(C(=O)NC(CN)C2CCCCC2)cnn1Cc1ccccc1. The molecule has 1 atom stereocenters. The molecular weight excluding hydrogens is 312 g/mol. The van der Waals surface area contributed by atoms with E-state index in [0.717, 1.165) is 18.5 Å². The van der Waals surface area contributed by atoms with E-state index in [0.29, 0.717) is 24.6 Å². The fourth-order valence-electron chi connectivity index (χ4n) is 3.74. The van der Waals surface area contributed by atoms with Gasteiger partial charge in [-0.15, -0.1) is 0 Å². The van der Waals surface area contributed by atoms with Crippen molar-refractivity contribution in [2.24, 2.45) is 11.7 Å². The highest BCUT2D eigenvalue weighted by molar-refractivity contribution is 5.95. The third-order valence-corrected chi connectivity index (χ3v) is 5.31. The molecule has 5 heteroatoms. The lowest BCUT2D eigenvalue weighted by Gasteiger charge is -2.30. The van der Waals surface area contributed by atoms with Gasteiger partial charge >= 0.3 is 0 Å². The predicted molar refractivity (Wildman–Crippen MR) is 99.4 cm³/mol. The molecule has 1 unspecified atom stereocenters. The Morgan fingerprint density at radius 1 is 1.28 bits per heavy atom. The second-order valence-electron chi connectivity index (χ2n) is 7.00. The van der Waals surface area contributed by atoms with Gasteiger partial charge in [-0.25, -0.2) is 0 Å². The summed E-state index contributed by atoms with van der Waals surface area (Å²) in [5, 5.41) is 7.56. The van der Waals surface area contributed by atoms with Gasteiger partial charge in [-0.1, -0.05) is 49.6 Å². The maximum absolute atomic E-state index is 12.7. The van der Waals surface area contributed by atoms with Gasteiger partial charge in [0.15, 0.2) is 0 Å². The van der Waals surface area contributed by atoms with Crippen molar-refractivity contribution in [3.63, 3.8) is 0 Å². The number of amides is 1. The number of carbonyl (C=O) groups excluding carboxylic acids is 1. The van der Waals surface area contributed by atoms with Crippen LogP contribution in [0.5, 0.6) is 0 Å². The van der Waals surface area contributed by atoms with E-state index in [4.69, 9.17) is 5.73 Å². The number of benzene rings is 1. The Morgan fingerprint density at radius 2 is 2.00 bits per heavy atom. The van der Waals surface area contributed by atoms with Crippen LogP contribution in [0.3, 0.4) is 0 Å². The number of hydrogen-bond acceptors (Lipinski definition) is 3. The van der Waals surface area contributed by atoms with Crippen LogP contribution in [0.2, 0.25) is 0 Å². The van der Waals surface area contributed by atoms with Crippen molar-refractivity contribution >= 4 is 5.91 Å². The molecule has 25 heavy (non-hydrogen) atoms. The van der Waals surface area contributed by atoms with Crippen molar-refractivity contribution in [1.82, 2.24) is 15.1 Å². The quantitative estimate of drug-likeness (QED) is 0.849. The van der Waals surface area contributed by atoms with E-state index >= 15 is 0 Å². The van der Waals surface area contributed by atoms with E-state index in [-0.39, 0.29) is 11.9 Å². The first-order valence-corrected chi connectivity index (χ1v) is 9.26. The smallest absolute Gasteiger partial charge is 0.255 e. The van der Waals surface area contributed by atoms with E-state index in [1.54, 1.807) is 6.20 Å². The van der Waals surface area contributed by atoms with Crippen LogP contribution in [0.25, 0.3) is 0 Å². The molecule has 1 aromatic carbocycles. The first kappa shape index (κ1) is 17.7. The zero-order valence-corrected chi connectivity index (χ0v) is 14.9. The highest BCUT2D eigenvalue weighted by atomic mass is 16.1. The summed E-state index contributed by atoms with van der Waals surface area (Å²) in [4.78, 5) is 12.7. The summed E-state index contributed by atoms with van der Waals surface area (Å²) in [5.41, 5.74) is 8.64. The average molecular weight is 340 g/mol. The van der Waals surface area contributed by atoms with Gasteiger partial charge in [-0.2, -0.15) is 5.10 Å². The maximum Gasteiger partial charge on any atom is 0.255 e. The molecule has 0 bridgehead atoms. The molecule has 3 N–H and O–H groups in total. The second kappa shape index (κ2) is 8.30. The number of rotatable bonds is 6. The number of carbonyl (C=O) groups is 1. The highest BCUT2D eigenvalue weighted by Crippen LogP contribution is 2.26. The Hall–Kier alpha value is -2.14. The molecule has 0 aliphatic heterocycles. The van der Waals surface area contributed by atoms with Gasteiger partial charge < -0.3 is 11.1 Å². The first-order valence-electron chi connectivity index (χ1n) is 9.26. The summed E-state index contributed by atoms with van der Waals surface area (Å²) in [7, 11) is 0. The number of nitrogens with one attached hydrogen (secondary N) is 1. The summed E-state index contributed by atoms with van der Waals surface area (Å²) in [6.07, 6.45) is 7.77. The summed E-state index contributed by atoms with van der Waals surface area (Å²) in [6.45, 7) is 3.11.